The summed E-state index contributed by atoms with van der Waals surface area (Å²) in [5.41, 5.74) is 6.17. The number of nitrogens with zero attached hydrogens (tertiary/aromatic N) is 3. The molecular weight excluding hydrogens is 374 g/mol. The van der Waals surface area contributed by atoms with Crippen LogP contribution < -0.4 is 11.1 Å². The molecule has 0 fully saturated rings. The molecule has 3 N–H and O–H groups in total. The van der Waals surface area contributed by atoms with Crippen LogP contribution >= 0.6 is 11.3 Å². The molecule has 0 saturated heterocycles. The zero-order valence-electron chi connectivity index (χ0n) is 15.5. The molecule has 0 radical (unpaired) electrons. The highest BCUT2D eigenvalue weighted by Gasteiger charge is 2.37. The second-order valence-corrected chi connectivity index (χ2v) is 7.99. The normalized spacial score (nSPS) is 19.6. The first-order valence-electron chi connectivity index (χ1n) is 8.74. The molecule has 1 unspecified atom stereocenters. The lowest BCUT2D eigenvalue weighted by atomic mass is 9.91. The number of amides is 2. The van der Waals surface area contributed by atoms with Gasteiger partial charge in [-0.15, -0.1) is 11.3 Å². The molecule has 3 heterocycles. The maximum absolute atomic E-state index is 12.7. The van der Waals surface area contributed by atoms with Gasteiger partial charge in [0.15, 0.2) is 5.96 Å². The van der Waals surface area contributed by atoms with Crippen LogP contribution in [0.1, 0.15) is 28.7 Å². The summed E-state index contributed by atoms with van der Waals surface area (Å²) in [6.45, 7) is 1.81. The van der Waals surface area contributed by atoms with Crippen molar-refractivity contribution in [1.82, 2.24) is 9.88 Å². The summed E-state index contributed by atoms with van der Waals surface area (Å²) in [5.74, 6) is -0.164. The third-order valence-corrected chi connectivity index (χ3v) is 5.91. The number of fused-ring (bicyclic) bond motifs is 1. The summed E-state index contributed by atoms with van der Waals surface area (Å²) in [6, 6.07) is 13.2. The molecule has 3 aromatic rings. The molecular formula is C20H19N5O2S. The van der Waals surface area contributed by atoms with Gasteiger partial charge in [-0.3, -0.25) is 19.5 Å². The second-order valence-electron chi connectivity index (χ2n) is 6.91. The Morgan fingerprint density at radius 3 is 2.82 bits per heavy atom. The van der Waals surface area contributed by atoms with E-state index >= 15 is 0 Å². The standard InChI is InChI=1S/C20H19N5O2S/c1-20(11-17(26)25(2)19(21)24-20)16-10-13(7-8-22-16)23-18(27)15-9-12-5-3-4-6-14(12)28-15/h3-10H,11H2,1-2H3,(H2,21,24)(H,22,23,27). The van der Waals surface area contributed by atoms with Crippen LogP contribution in [0.2, 0.25) is 0 Å². The molecule has 0 saturated carbocycles. The number of thiophene rings is 1. The maximum Gasteiger partial charge on any atom is 0.265 e. The van der Waals surface area contributed by atoms with Gasteiger partial charge in [-0.05, 0) is 36.6 Å². The average molecular weight is 393 g/mol. The number of nitrogens with two attached hydrogens (primary N) is 1. The molecule has 142 valence electrons. The number of hydrogen-bond acceptors (Lipinski definition) is 6. The number of nitrogens with one attached hydrogen (secondary N) is 1. The van der Waals surface area contributed by atoms with E-state index in [1.807, 2.05) is 37.3 Å². The van der Waals surface area contributed by atoms with Gasteiger partial charge in [0.1, 0.15) is 5.54 Å². The minimum atomic E-state index is -0.869. The van der Waals surface area contributed by atoms with E-state index in [0.29, 0.717) is 16.3 Å². The number of benzene rings is 1. The lowest BCUT2D eigenvalue weighted by Gasteiger charge is -2.32. The Labute approximate surface area is 165 Å². The van der Waals surface area contributed by atoms with E-state index in [-0.39, 0.29) is 24.2 Å². The monoisotopic (exact) mass is 393 g/mol. The Balaban J connectivity index is 1.60. The van der Waals surface area contributed by atoms with Crippen molar-refractivity contribution < 1.29 is 9.59 Å². The molecule has 1 aliphatic rings. The molecule has 8 heteroatoms. The molecule has 1 aliphatic heterocycles. The van der Waals surface area contributed by atoms with E-state index in [4.69, 9.17) is 5.73 Å². The third kappa shape index (κ3) is 3.22. The number of carbonyl (C=O) groups is 2. The number of hydrogen-bond donors (Lipinski definition) is 2. The summed E-state index contributed by atoms with van der Waals surface area (Å²) in [7, 11) is 1.59. The van der Waals surface area contributed by atoms with E-state index in [1.165, 1.54) is 16.2 Å². The zero-order chi connectivity index (χ0) is 19.9. The fourth-order valence-electron chi connectivity index (χ4n) is 3.15. The molecule has 2 aromatic heterocycles. The highest BCUT2D eigenvalue weighted by atomic mass is 32.1. The summed E-state index contributed by atoms with van der Waals surface area (Å²) >= 11 is 1.44. The number of pyridine rings is 1. The minimum absolute atomic E-state index is 0.128. The SMILES string of the molecule is CN1C(=O)CC(C)(c2cc(NC(=O)c3cc4ccccc4s3)ccn2)N=C1N. The number of guanidine groups is 1. The predicted molar refractivity (Wildman–Crippen MR) is 110 cm³/mol. The van der Waals surface area contributed by atoms with Gasteiger partial charge in [-0.2, -0.15) is 0 Å². The van der Waals surface area contributed by atoms with Crippen LogP contribution in [-0.2, 0) is 10.3 Å². The molecule has 1 atom stereocenters. The average Bonchev–Trinajstić information content (AvgIpc) is 3.11. The first kappa shape index (κ1) is 18.1. The summed E-state index contributed by atoms with van der Waals surface area (Å²) in [4.78, 5) is 35.6. The van der Waals surface area contributed by atoms with Crippen molar-refractivity contribution >= 4 is 44.9 Å². The van der Waals surface area contributed by atoms with Crippen LogP contribution in [-0.4, -0.2) is 34.7 Å². The first-order chi connectivity index (χ1) is 13.4. The van der Waals surface area contributed by atoms with Gasteiger partial charge in [-0.25, -0.2) is 4.99 Å². The number of rotatable bonds is 3. The fourth-order valence-corrected chi connectivity index (χ4v) is 4.10. The predicted octanol–water partition coefficient (Wildman–Crippen LogP) is 2.94. The maximum atomic E-state index is 12.7. The van der Waals surface area contributed by atoms with Crippen LogP contribution in [0, 0.1) is 0 Å². The Kier molecular flexibility index (Phi) is 4.35. The highest BCUT2D eigenvalue weighted by molar-refractivity contribution is 7.20. The molecule has 7 nitrogen and oxygen atoms in total. The van der Waals surface area contributed by atoms with Crippen molar-refractivity contribution in [3.8, 4) is 0 Å². The van der Waals surface area contributed by atoms with Gasteiger partial charge < -0.3 is 11.1 Å². The zero-order valence-corrected chi connectivity index (χ0v) is 16.3. The van der Waals surface area contributed by atoms with Gasteiger partial charge in [0.2, 0.25) is 5.91 Å². The van der Waals surface area contributed by atoms with E-state index in [2.05, 4.69) is 15.3 Å². The Morgan fingerprint density at radius 1 is 1.29 bits per heavy atom. The third-order valence-electron chi connectivity index (χ3n) is 4.79. The van der Waals surface area contributed by atoms with Gasteiger partial charge in [-0.1, -0.05) is 18.2 Å². The number of aliphatic imine (C=N–C) groups is 1. The van der Waals surface area contributed by atoms with Crippen molar-refractivity contribution in [3.63, 3.8) is 0 Å². The fraction of sp³-hybridized carbons (Fsp3) is 0.200. The summed E-state index contributed by atoms with van der Waals surface area (Å²) in [5, 5.41) is 3.94. The van der Waals surface area contributed by atoms with E-state index in [0.717, 1.165) is 10.1 Å². The van der Waals surface area contributed by atoms with Crippen molar-refractivity contribution in [2.75, 3.05) is 12.4 Å². The van der Waals surface area contributed by atoms with Crippen molar-refractivity contribution in [2.45, 2.75) is 18.9 Å². The number of carbonyl (C=O) groups excluding carboxylic acids is 2. The highest BCUT2D eigenvalue weighted by Crippen LogP contribution is 2.33. The molecule has 4 rings (SSSR count). The molecule has 2 amide bonds. The summed E-state index contributed by atoms with van der Waals surface area (Å²) in [6.07, 6.45) is 1.75. The largest absolute Gasteiger partial charge is 0.369 e. The molecule has 0 spiro atoms. The second kappa shape index (κ2) is 6.72. The van der Waals surface area contributed by atoms with Crippen LogP contribution in [0.3, 0.4) is 0 Å². The van der Waals surface area contributed by atoms with Gasteiger partial charge >= 0.3 is 0 Å². The molecule has 28 heavy (non-hydrogen) atoms. The van der Waals surface area contributed by atoms with E-state index < -0.39 is 5.54 Å². The van der Waals surface area contributed by atoms with Crippen molar-refractivity contribution in [2.24, 2.45) is 10.7 Å². The summed E-state index contributed by atoms with van der Waals surface area (Å²) < 4.78 is 1.06. The number of anilines is 1. The first-order valence-corrected chi connectivity index (χ1v) is 9.56. The van der Waals surface area contributed by atoms with E-state index in [1.54, 1.807) is 25.4 Å². The lowest BCUT2D eigenvalue weighted by molar-refractivity contribution is -0.128. The quantitative estimate of drug-likeness (QED) is 0.714. The van der Waals surface area contributed by atoms with Gasteiger partial charge in [0.25, 0.3) is 5.91 Å². The smallest absolute Gasteiger partial charge is 0.265 e. The number of aromatic nitrogens is 1. The van der Waals surface area contributed by atoms with Crippen molar-refractivity contribution in [1.29, 1.82) is 0 Å². The lowest BCUT2D eigenvalue weighted by Crippen LogP contribution is -2.47. The Hall–Kier alpha value is -3.26. The van der Waals surface area contributed by atoms with Crippen LogP contribution in [0.5, 0.6) is 0 Å². The van der Waals surface area contributed by atoms with Crippen LogP contribution in [0.4, 0.5) is 5.69 Å². The Morgan fingerprint density at radius 2 is 2.07 bits per heavy atom. The molecule has 1 aromatic carbocycles. The molecule has 0 bridgehead atoms. The van der Waals surface area contributed by atoms with Gasteiger partial charge in [0, 0.05) is 23.6 Å². The van der Waals surface area contributed by atoms with Crippen LogP contribution in [0.15, 0.2) is 53.7 Å². The van der Waals surface area contributed by atoms with Gasteiger partial charge in [0.05, 0.1) is 17.0 Å². The van der Waals surface area contributed by atoms with Crippen molar-refractivity contribution in [3.05, 3.63) is 59.2 Å². The molecule has 0 aliphatic carbocycles. The minimum Gasteiger partial charge on any atom is -0.369 e. The topological polar surface area (TPSA) is 101 Å². The van der Waals surface area contributed by atoms with Crippen LogP contribution in [0.25, 0.3) is 10.1 Å². The van der Waals surface area contributed by atoms with E-state index in [9.17, 15) is 9.59 Å². The Bertz CT molecular complexity index is 1090.